The Hall–Kier alpha value is -3.08. The number of nitriles is 1. The molecule has 0 spiro atoms. The normalized spacial score (nSPS) is 10.8. The van der Waals surface area contributed by atoms with Crippen LogP contribution in [0.2, 0.25) is 0 Å². The maximum Gasteiger partial charge on any atom is 0.216 e. The molecule has 2 rings (SSSR count). The molecule has 2 N–H and O–H groups in total. The molecule has 0 atom stereocenters. The monoisotopic (exact) mass is 272 g/mol. The van der Waals surface area contributed by atoms with E-state index in [1.807, 2.05) is 6.07 Å². The molecule has 0 amide bonds. The summed E-state index contributed by atoms with van der Waals surface area (Å²) in [6, 6.07) is 7.27. The summed E-state index contributed by atoms with van der Waals surface area (Å²) in [6.45, 7) is 0. The summed E-state index contributed by atoms with van der Waals surface area (Å²) >= 11 is 0. The van der Waals surface area contributed by atoms with Crippen molar-refractivity contribution in [1.82, 2.24) is 20.6 Å². The molecule has 0 radical (unpaired) electrons. The van der Waals surface area contributed by atoms with Crippen molar-refractivity contribution in [3.63, 3.8) is 0 Å². The van der Waals surface area contributed by atoms with E-state index in [9.17, 15) is 0 Å². The van der Waals surface area contributed by atoms with Gasteiger partial charge in [-0.1, -0.05) is 0 Å². The van der Waals surface area contributed by atoms with Crippen LogP contribution in [0.1, 0.15) is 5.82 Å². The minimum atomic E-state index is 0.217. The second-order valence-corrected chi connectivity index (χ2v) is 3.65. The van der Waals surface area contributed by atoms with Crippen LogP contribution in [0.15, 0.2) is 24.4 Å². The van der Waals surface area contributed by atoms with Gasteiger partial charge in [-0.15, -0.1) is 10.2 Å². The van der Waals surface area contributed by atoms with Gasteiger partial charge in [-0.3, -0.25) is 0 Å². The molecule has 1 aromatic heterocycles. The standard InChI is InChI=1S/C12H12N6O2/c1-19-10-3-9(4-11(5-10)20-2)14-7-8(6-13)12-15-17-18-16-12/h3-5,7,14H,1-2H3,(H,15,16,17,18). The fraction of sp³-hybridized carbons (Fsp3) is 0.167. The predicted molar refractivity (Wildman–Crippen MR) is 70.9 cm³/mol. The third-order valence-electron chi connectivity index (χ3n) is 2.44. The van der Waals surface area contributed by atoms with E-state index in [-0.39, 0.29) is 11.4 Å². The molecule has 102 valence electrons. The lowest BCUT2D eigenvalue weighted by Gasteiger charge is -2.08. The predicted octanol–water partition coefficient (Wildman–Crippen LogP) is 1.19. The van der Waals surface area contributed by atoms with Crippen molar-refractivity contribution >= 4 is 11.3 Å². The Morgan fingerprint density at radius 2 is 2.00 bits per heavy atom. The highest BCUT2D eigenvalue weighted by atomic mass is 16.5. The molecule has 0 aliphatic rings. The van der Waals surface area contributed by atoms with E-state index in [1.165, 1.54) is 6.20 Å². The molecule has 0 aliphatic carbocycles. The number of allylic oxidation sites excluding steroid dienone is 1. The minimum Gasteiger partial charge on any atom is -0.497 e. The number of anilines is 1. The van der Waals surface area contributed by atoms with E-state index in [0.29, 0.717) is 17.2 Å². The molecular formula is C12H12N6O2. The maximum atomic E-state index is 9.05. The van der Waals surface area contributed by atoms with Crippen molar-refractivity contribution in [2.24, 2.45) is 0 Å². The van der Waals surface area contributed by atoms with E-state index in [0.717, 1.165) is 0 Å². The highest BCUT2D eigenvalue weighted by Crippen LogP contribution is 2.26. The number of aromatic nitrogens is 4. The summed E-state index contributed by atoms with van der Waals surface area (Å²) in [6.07, 6.45) is 1.49. The van der Waals surface area contributed by atoms with Gasteiger partial charge in [-0.2, -0.15) is 10.5 Å². The number of hydrogen-bond donors (Lipinski definition) is 2. The van der Waals surface area contributed by atoms with Crippen molar-refractivity contribution in [2.75, 3.05) is 19.5 Å². The summed E-state index contributed by atoms with van der Waals surface area (Å²) in [5.74, 6) is 1.49. The van der Waals surface area contributed by atoms with Gasteiger partial charge in [0.15, 0.2) is 0 Å². The van der Waals surface area contributed by atoms with Crippen LogP contribution in [0.3, 0.4) is 0 Å². The zero-order chi connectivity index (χ0) is 14.4. The summed E-state index contributed by atoms with van der Waals surface area (Å²) < 4.78 is 10.3. The van der Waals surface area contributed by atoms with Gasteiger partial charge >= 0.3 is 0 Å². The topological polar surface area (TPSA) is 109 Å². The number of nitrogens with one attached hydrogen (secondary N) is 2. The van der Waals surface area contributed by atoms with Gasteiger partial charge in [0.25, 0.3) is 0 Å². The average Bonchev–Trinajstić information content (AvgIpc) is 3.01. The Labute approximate surface area is 115 Å². The molecule has 1 heterocycles. The van der Waals surface area contributed by atoms with Crippen LogP contribution in [0.25, 0.3) is 5.57 Å². The van der Waals surface area contributed by atoms with E-state index >= 15 is 0 Å². The molecule has 0 unspecified atom stereocenters. The number of H-pyrrole nitrogens is 1. The Balaban J connectivity index is 2.23. The van der Waals surface area contributed by atoms with Crippen molar-refractivity contribution in [3.05, 3.63) is 30.2 Å². The smallest absolute Gasteiger partial charge is 0.216 e. The maximum absolute atomic E-state index is 9.05. The number of aromatic amines is 1. The van der Waals surface area contributed by atoms with Gasteiger partial charge in [-0.25, -0.2) is 0 Å². The summed E-state index contributed by atoms with van der Waals surface area (Å²) in [4.78, 5) is 0. The van der Waals surface area contributed by atoms with Gasteiger partial charge in [0.2, 0.25) is 5.82 Å². The lowest BCUT2D eigenvalue weighted by molar-refractivity contribution is 0.395. The molecular weight excluding hydrogens is 260 g/mol. The first-order chi connectivity index (χ1) is 9.76. The lowest BCUT2D eigenvalue weighted by atomic mass is 10.2. The first kappa shape index (κ1) is 13.4. The highest BCUT2D eigenvalue weighted by molar-refractivity contribution is 5.74. The number of benzene rings is 1. The zero-order valence-corrected chi connectivity index (χ0v) is 10.9. The van der Waals surface area contributed by atoms with E-state index in [1.54, 1.807) is 32.4 Å². The van der Waals surface area contributed by atoms with Crippen LogP contribution < -0.4 is 14.8 Å². The van der Waals surface area contributed by atoms with E-state index < -0.39 is 0 Å². The number of rotatable bonds is 5. The Bertz CT molecular complexity index is 622. The molecule has 2 aromatic rings. The third-order valence-corrected chi connectivity index (χ3v) is 2.44. The van der Waals surface area contributed by atoms with Crippen LogP contribution in [-0.2, 0) is 0 Å². The van der Waals surface area contributed by atoms with Gasteiger partial charge < -0.3 is 14.8 Å². The Morgan fingerprint density at radius 1 is 1.30 bits per heavy atom. The lowest BCUT2D eigenvalue weighted by Crippen LogP contribution is -1.95. The fourth-order valence-electron chi connectivity index (χ4n) is 1.47. The molecule has 0 bridgehead atoms. The van der Waals surface area contributed by atoms with Gasteiger partial charge in [-0.05, 0) is 5.21 Å². The number of ether oxygens (including phenoxy) is 2. The van der Waals surface area contributed by atoms with Crippen LogP contribution >= 0.6 is 0 Å². The number of tetrazole rings is 1. The fourth-order valence-corrected chi connectivity index (χ4v) is 1.47. The largest absolute Gasteiger partial charge is 0.497 e. The van der Waals surface area contributed by atoms with Crippen LogP contribution in [0.4, 0.5) is 5.69 Å². The van der Waals surface area contributed by atoms with Crippen LogP contribution in [0, 0.1) is 11.3 Å². The van der Waals surface area contributed by atoms with Crippen LogP contribution in [0.5, 0.6) is 11.5 Å². The number of nitrogens with zero attached hydrogens (tertiary/aromatic N) is 4. The molecule has 0 fully saturated rings. The molecule has 0 saturated heterocycles. The van der Waals surface area contributed by atoms with Crippen molar-refractivity contribution in [2.45, 2.75) is 0 Å². The summed E-state index contributed by atoms with van der Waals surface area (Å²) in [7, 11) is 3.13. The first-order valence-electron chi connectivity index (χ1n) is 5.60. The molecule has 8 nitrogen and oxygen atoms in total. The molecule has 0 aliphatic heterocycles. The average molecular weight is 272 g/mol. The van der Waals surface area contributed by atoms with Gasteiger partial charge in [0.05, 0.1) is 14.2 Å². The Morgan fingerprint density at radius 3 is 2.50 bits per heavy atom. The minimum absolute atomic E-state index is 0.217. The van der Waals surface area contributed by atoms with E-state index in [4.69, 9.17) is 14.7 Å². The second kappa shape index (κ2) is 6.19. The SMILES string of the molecule is COc1cc(NC=C(C#N)c2nn[nH]n2)cc(OC)c1. The van der Waals surface area contributed by atoms with E-state index in [2.05, 4.69) is 25.9 Å². The number of hydrogen-bond acceptors (Lipinski definition) is 7. The van der Waals surface area contributed by atoms with Crippen molar-refractivity contribution < 1.29 is 9.47 Å². The molecule has 0 saturated carbocycles. The summed E-state index contributed by atoms with van der Waals surface area (Å²) in [5, 5.41) is 25.2. The number of methoxy groups -OCH3 is 2. The summed E-state index contributed by atoms with van der Waals surface area (Å²) in [5.41, 5.74) is 0.956. The third kappa shape index (κ3) is 3.02. The van der Waals surface area contributed by atoms with Crippen molar-refractivity contribution in [1.29, 1.82) is 5.26 Å². The van der Waals surface area contributed by atoms with Crippen LogP contribution in [-0.4, -0.2) is 34.8 Å². The Kier molecular flexibility index (Phi) is 4.14. The molecule has 20 heavy (non-hydrogen) atoms. The second-order valence-electron chi connectivity index (χ2n) is 3.65. The molecule has 8 heteroatoms. The van der Waals surface area contributed by atoms with Gasteiger partial charge in [0.1, 0.15) is 23.1 Å². The zero-order valence-electron chi connectivity index (χ0n) is 10.9. The first-order valence-corrected chi connectivity index (χ1v) is 5.60. The van der Waals surface area contributed by atoms with Crippen molar-refractivity contribution in [3.8, 4) is 17.6 Å². The van der Waals surface area contributed by atoms with Gasteiger partial charge in [0, 0.05) is 30.1 Å². The quantitative estimate of drug-likeness (QED) is 0.787. The molecule has 1 aromatic carbocycles. The highest BCUT2D eigenvalue weighted by Gasteiger charge is 2.06.